The summed E-state index contributed by atoms with van der Waals surface area (Å²) >= 11 is 0. The van der Waals surface area contributed by atoms with Crippen molar-refractivity contribution in [1.82, 2.24) is 10.6 Å². The van der Waals surface area contributed by atoms with Crippen molar-refractivity contribution in [3.63, 3.8) is 0 Å². The molecule has 178 valence electrons. The summed E-state index contributed by atoms with van der Waals surface area (Å²) in [6.45, 7) is 0.147. The number of rotatable bonds is 10. The zero-order valence-electron chi connectivity index (χ0n) is 18.6. The summed E-state index contributed by atoms with van der Waals surface area (Å²) in [7, 11) is 1.57. The highest BCUT2D eigenvalue weighted by Crippen LogP contribution is 2.22. The van der Waals surface area contributed by atoms with Gasteiger partial charge in [-0.15, -0.1) is 0 Å². The second-order valence-electron chi connectivity index (χ2n) is 7.71. The minimum Gasteiger partial charge on any atom is -0.497 e. The number of methoxy groups -OCH3 is 1. The third-order valence-electron chi connectivity index (χ3n) is 5.25. The van der Waals surface area contributed by atoms with Crippen LogP contribution in [0.25, 0.3) is 0 Å². The summed E-state index contributed by atoms with van der Waals surface area (Å²) in [6, 6.07) is 15.7. The molecule has 3 rings (SSSR count). The van der Waals surface area contributed by atoms with Crippen molar-refractivity contribution in [2.24, 2.45) is 0 Å². The van der Waals surface area contributed by atoms with Crippen LogP contribution in [0.15, 0.2) is 66.7 Å². The Morgan fingerprint density at radius 3 is 2.24 bits per heavy atom. The molecule has 0 saturated heterocycles. The van der Waals surface area contributed by atoms with Gasteiger partial charge >= 0.3 is 0 Å². The molecule has 0 aliphatic heterocycles. The van der Waals surface area contributed by atoms with Gasteiger partial charge in [-0.3, -0.25) is 9.59 Å². The van der Waals surface area contributed by atoms with E-state index in [2.05, 4.69) is 10.6 Å². The molecule has 0 aliphatic rings. The smallest absolute Gasteiger partial charge is 0.254 e. The zero-order chi connectivity index (χ0) is 24.5. The Labute approximate surface area is 195 Å². The Bertz CT molecular complexity index is 1120. The van der Waals surface area contributed by atoms with Crippen molar-refractivity contribution < 1.29 is 27.5 Å². The Morgan fingerprint density at radius 2 is 1.59 bits per heavy atom. The molecule has 1 unspecified atom stereocenters. The number of carbonyl (C=O) groups is 2. The Kier molecular flexibility index (Phi) is 8.67. The second-order valence-corrected chi connectivity index (χ2v) is 7.71. The fraction of sp³-hybridized carbons (Fsp3) is 0.231. The van der Waals surface area contributed by atoms with Gasteiger partial charge in [-0.05, 0) is 60.4 Å². The molecule has 0 fully saturated rings. The minimum atomic E-state index is -0.946. The van der Waals surface area contributed by atoms with E-state index in [1.807, 2.05) is 12.1 Å². The van der Waals surface area contributed by atoms with E-state index in [1.54, 1.807) is 31.4 Å². The number of benzene rings is 3. The third kappa shape index (κ3) is 7.10. The van der Waals surface area contributed by atoms with Crippen molar-refractivity contribution in [1.29, 1.82) is 0 Å². The largest absolute Gasteiger partial charge is 0.497 e. The molecule has 34 heavy (non-hydrogen) atoms. The van der Waals surface area contributed by atoms with Crippen LogP contribution in [0.5, 0.6) is 5.75 Å². The highest BCUT2D eigenvalue weighted by molar-refractivity contribution is 5.94. The maximum atomic E-state index is 13.7. The summed E-state index contributed by atoms with van der Waals surface area (Å²) in [5, 5.41) is 5.51. The topological polar surface area (TPSA) is 67.4 Å². The van der Waals surface area contributed by atoms with Gasteiger partial charge in [0.25, 0.3) is 5.91 Å². The molecule has 0 radical (unpaired) electrons. The van der Waals surface area contributed by atoms with Crippen LogP contribution in [0.2, 0.25) is 0 Å². The summed E-state index contributed by atoms with van der Waals surface area (Å²) in [5.41, 5.74) is 1.46. The van der Waals surface area contributed by atoms with Crippen LogP contribution in [0.3, 0.4) is 0 Å². The fourth-order valence-electron chi connectivity index (χ4n) is 3.43. The molecule has 3 aromatic carbocycles. The van der Waals surface area contributed by atoms with Gasteiger partial charge in [-0.2, -0.15) is 0 Å². The first-order chi connectivity index (χ1) is 16.4. The lowest BCUT2D eigenvalue weighted by Gasteiger charge is -2.20. The third-order valence-corrected chi connectivity index (χ3v) is 5.25. The fourth-order valence-corrected chi connectivity index (χ4v) is 3.43. The standard InChI is InChI=1S/C26H25F3N2O3/c1-34-21-11-6-18(7-12-21)24(15-17-4-8-19(27)9-5-17)31-25(32)3-2-14-30-26(33)22-13-10-20(28)16-23(22)29/h4-13,16,24H,2-3,14-15H2,1H3,(H,30,33)(H,31,32). The van der Waals surface area contributed by atoms with Gasteiger partial charge in [0, 0.05) is 19.0 Å². The van der Waals surface area contributed by atoms with E-state index in [9.17, 15) is 22.8 Å². The Morgan fingerprint density at radius 1 is 0.912 bits per heavy atom. The Hall–Kier alpha value is -3.81. The highest BCUT2D eigenvalue weighted by Gasteiger charge is 2.16. The summed E-state index contributed by atoms with van der Waals surface area (Å²) in [5.74, 6) is -2.27. The van der Waals surface area contributed by atoms with E-state index in [0.717, 1.165) is 23.3 Å². The van der Waals surface area contributed by atoms with Crippen molar-refractivity contribution in [2.75, 3.05) is 13.7 Å². The first-order valence-electron chi connectivity index (χ1n) is 10.8. The molecule has 2 N–H and O–H groups in total. The maximum Gasteiger partial charge on any atom is 0.254 e. The molecule has 0 saturated carbocycles. The van der Waals surface area contributed by atoms with Crippen molar-refractivity contribution >= 4 is 11.8 Å². The van der Waals surface area contributed by atoms with E-state index in [0.29, 0.717) is 24.7 Å². The summed E-state index contributed by atoms with van der Waals surface area (Å²) in [6.07, 6.45) is 0.910. The average Bonchev–Trinajstić information content (AvgIpc) is 2.82. The minimum absolute atomic E-state index is 0.127. The predicted octanol–water partition coefficient (Wildman–Crippen LogP) is 4.72. The van der Waals surface area contributed by atoms with Crippen LogP contribution in [0.4, 0.5) is 13.2 Å². The molecular formula is C26H25F3N2O3. The van der Waals surface area contributed by atoms with Crippen LogP contribution in [-0.2, 0) is 11.2 Å². The molecule has 5 nitrogen and oxygen atoms in total. The molecule has 2 amide bonds. The molecule has 0 spiro atoms. The number of hydrogen-bond donors (Lipinski definition) is 2. The monoisotopic (exact) mass is 470 g/mol. The SMILES string of the molecule is COc1ccc(C(Cc2ccc(F)cc2)NC(=O)CCCNC(=O)c2ccc(F)cc2F)cc1. The lowest BCUT2D eigenvalue weighted by atomic mass is 9.98. The van der Waals surface area contributed by atoms with Crippen LogP contribution in [0.1, 0.15) is 40.4 Å². The molecule has 0 bridgehead atoms. The summed E-state index contributed by atoms with van der Waals surface area (Å²) in [4.78, 5) is 24.6. The molecule has 8 heteroatoms. The van der Waals surface area contributed by atoms with Crippen molar-refractivity contribution in [3.8, 4) is 5.75 Å². The van der Waals surface area contributed by atoms with Gasteiger partial charge in [0.05, 0.1) is 18.7 Å². The number of carbonyl (C=O) groups excluding carboxylic acids is 2. The van der Waals surface area contributed by atoms with Crippen LogP contribution in [-0.4, -0.2) is 25.5 Å². The average molecular weight is 470 g/mol. The Balaban J connectivity index is 1.56. The molecular weight excluding hydrogens is 445 g/mol. The van der Waals surface area contributed by atoms with Crippen LogP contribution < -0.4 is 15.4 Å². The van der Waals surface area contributed by atoms with Gasteiger partial charge in [-0.25, -0.2) is 13.2 Å². The molecule has 1 atom stereocenters. The van der Waals surface area contributed by atoms with E-state index in [-0.39, 0.29) is 36.3 Å². The highest BCUT2D eigenvalue weighted by atomic mass is 19.1. The molecule has 3 aromatic rings. The van der Waals surface area contributed by atoms with Gasteiger partial charge < -0.3 is 15.4 Å². The van der Waals surface area contributed by atoms with Crippen LogP contribution >= 0.6 is 0 Å². The van der Waals surface area contributed by atoms with Crippen LogP contribution in [0, 0.1) is 17.5 Å². The van der Waals surface area contributed by atoms with E-state index in [4.69, 9.17) is 4.74 Å². The normalized spacial score (nSPS) is 11.5. The van der Waals surface area contributed by atoms with Crippen molar-refractivity contribution in [3.05, 3.63) is 101 Å². The molecule has 0 aliphatic carbocycles. The molecule has 0 heterocycles. The summed E-state index contributed by atoms with van der Waals surface area (Å²) < 4.78 is 45.1. The number of amides is 2. The van der Waals surface area contributed by atoms with Gasteiger partial charge in [-0.1, -0.05) is 24.3 Å². The number of ether oxygens (including phenoxy) is 1. The maximum absolute atomic E-state index is 13.7. The van der Waals surface area contributed by atoms with Gasteiger partial charge in [0.1, 0.15) is 23.2 Å². The lowest BCUT2D eigenvalue weighted by Crippen LogP contribution is -2.31. The lowest BCUT2D eigenvalue weighted by molar-refractivity contribution is -0.121. The zero-order valence-corrected chi connectivity index (χ0v) is 18.6. The predicted molar refractivity (Wildman–Crippen MR) is 122 cm³/mol. The van der Waals surface area contributed by atoms with E-state index < -0.39 is 17.5 Å². The van der Waals surface area contributed by atoms with Gasteiger partial charge in [0.2, 0.25) is 5.91 Å². The molecule has 0 aromatic heterocycles. The number of hydrogen-bond acceptors (Lipinski definition) is 3. The quantitative estimate of drug-likeness (QED) is 0.422. The van der Waals surface area contributed by atoms with E-state index in [1.165, 1.54) is 12.1 Å². The first-order valence-corrected chi connectivity index (χ1v) is 10.8. The van der Waals surface area contributed by atoms with E-state index >= 15 is 0 Å². The number of halogens is 3. The van der Waals surface area contributed by atoms with Gasteiger partial charge in [0.15, 0.2) is 0 Å². The first kappa shape index (κ1) is 24.8. The number of nitrogens with one attached hydrogen (secondary N) is 2. The van der Waals surface area contributed by atoms with Crippen molar-refractivity contribution in [2.45, 2.75) is 25.3 Å². The second kappa shape index (κ2) is 11.9.